The largest absolute Gasteiger partial charge is 0.274 e. The van der Waals surface area contributed by atoms with Crippen molar-refractivity contribution in [1.82, 2.24) is 5.43 Å². The van der Waals surface area contributed by atoms with Crippen molar-refractivity contribution in [3.63, 3.8) is 0 Å². The minimum atomic E-state index is -0.237. The molecule has 3 nitrogen and oxygen atoms in total. The van der Waals surface area contributed by atoms with E-state index in [1.165, 1.54) is 13.1 Å². The number of amides is 1. The molecular weight excluding hydrogens is 223 g/mol. The fourth-order valence-corrected chi connectivity index (χ4v) is 1.17. The molecule has 0 aliphatic rings. The lowest BCUT2D eigenvalue weighted by Gasteiger charge is -1.99. The van der Waals surface area contributed by atoms with Crippen LogP contribution in [0, 0.1) is 0 Å². The van der Waals surface area contributed by atoms with E-state index in [-0.39, 0.29) is 5.91 Å². The van der Waals surface area contributed by atoms with E-state index < -0.39 is 0 Å². The summed E-state index contributed by atoms with van der Waals surface area (Å²) in [7, 11) is 0. The Morgan fingerprint density at radius 1 is 1.50 bits per heavy atom. The van der Waals surface area contributed by atoms with Gasteiger partial charge in [-0.05, 0) is 6.07 Å². The fraction of sp³-hybridized carbons (Fsp3) is 0.111. The van der Waals surface area contributed by atoms with Gasteiger partial charge in [0.1, 0.15) is 0 Å². The highest BCUT2D eigenvalue weighted by atomic mass is 35.5. The van der Waals surface area contributed by atoms with Gasteiger partial charge in [-0.25, -0.2) is 5.43 Å². The van der Waals surface area contributed by atoms with Gasteiger partial charge >= 0.3 is 0 Å². The van der Waals surface area contributed by atoms with Crippen molar-refractivity contribution in [3.8, 4) is 0 Å². The average molecular weight is 231 g/mol. The fourth-order valence-electron chi connectivity index (χ4n) is 0.813. The van der Waals surface area contributed by atoms with Crippen LogP contribution in [-0.2, 0) is 4.79 Å². The first-order valence-electron chi connectivity index (χ1n) is 3.85. The Hall–Kier alpha value is -1.06. The summed E-state index contributed by atoms with van der Waals surface area (Å²) in [5, 5.41) is 4.55. The lowest BCUT2D eigenvalue weighted by molar-refractivity contribution is -0.118. The van der Waals surface area contributed by atoms with Gasteiger partial charge in [-0.15, -0.1) is 0 Å². The second-order valence-corrected chi connectivity index (χ2v) is 3.35. The SMILES string of the molecule is CC(=O)NN=Cc1cccc(Cl)c1Cl. The minimum absolute atomic E-state index is 0.237. The molecule has 1 rings (SSSR count). The zero-order valence-electron chi connectivity index (χ0n) is 7.42. The Morgan fingerprint density at radius 3 is 2.86 bits per heavy atom. The highest BCUT2D eigenvalue weighted by molar-refractivity contribution is 6.43. The van der Waals surface area contributed by atoms with Gasteiger partial charge in [-0.2, -0.15) is 5.10 Å². The summed E-state index contributed by atoms with van der Waals surface area (Å²) in [6.45, 7) is 1.37. The van der Waals surface area contributed by atoms with E-state index in [9.17, 15) is 4.79 Å². The zero-order chi connectivity index (χ0) is 10.6. The van der Waals surface area contributed by atoms with Gasteiger partial charge in [-0.3, -0.25) is 4.79 Å². The van der Waals surface area contributed by atoms with Gasteiger partial charge in [0.2, 0.25) is 5.91 Å². The molecule has 5 heteroatoms. The Labute approximate surface area is 91.7 Å². The molecule has 0 unspecified atom stereocenters. The minimum Gasteiger partial charge on any atom is -0.274 e. The maximum absolute atomic E-state index is 10.5. The van der Waals surface area contributed by atoms with E-state index in [0.29, 0.717) is 15.6 Å². The van der Waals surface area contributed by atoms with Gasteiger partial charge in [0.25, 0.3) is 0 Å². The average Bonchev–Trinajstić information content (AvgIpc) is 2.12. The van der Waals surface area contributed by atoms with Gasteiger partial charge in [0, 0.05) is 12.5 Å². The first kappa shape index (κ1) is 11.0. The number of nitrogens with one attached hydrogen (secondary N) is 1. The van der Waals surface area contributed by atoms with Crippen molar-refractivity contribution in [3.05, 3.63) is 33.8 Å². The second kappa shape index (κ2) is 4.98. The summed E-state index contributed by atoms with van der Waals surface area (Å²) in [5.41, 5.74) is 2.93. The van der Waals surface area contributed by atoms with Gasteiger partial charge in [0.15, 0.2) is 0 Å². The Kier molecular flexibility index (Phi) is 3.92. The summed E-state index contributed by atoms with van der Waals surface area (Å²) < 4.78 is 0. The highest BCUT2D eigenvalue weighted by Gasteiger charge is 2.00. The number of hydrogen-bond donors (Lipinski definition) is 1. The monoisotopic (exact) mass is 230 g/mol. The molecule has 0 fully saturated rings. The number of halogens is 2. The lowest BCUT2D eigenvalue weighted by atomic mass is 10.2. The van der Waals surface area contributed by atoms with Crippen LogP contribution in [0.25, 0.3) is 0 Å². The summed E-state index contributed by atoms with van der Waals surface area (Å²) in [4.78, 5) is 10.5. The Morgan fingerprint density at radius 2 is 2.21 bits per heavy atom. The van der Waals surface area contributed by atoms with Crippen LogP contribution in [0.15, 0.2) is 23.3 Å². The number of carbonyl (C=O) groups is 1. The molecular formula is C9H8Cl2N2O. The molecule has 1 aromatic rings. The maximum atomic E-state index is 10.5. The van der Waals surface area contributed by atoms with E-state index in [2.05, 4.69) is 10.5 Å². The third-order valence-corrected chi connectivity index (χ3v) is 2.24. The number of hydrazone groups is 1. The number of benzene rings is 1. The van der Waals surface area contributed by atoms with Gasteiger partial charge < -0.3 is 0 Å². The van der Waals surface area contributed by atoms with Crippen LogP contribution in [-0.4, -0.2) is 12.1 Å². The van der Waals surface area contributed by atoms with Crippen molar-refractivity contribution in [2.24, 2.45) is 5.10 Å². The number of nitrogens with zero attached hydrogens (tertiary/aromatic N) is 1. The van der Waals surface area contributed by atoms with Crippen molar-refractivity contribution in [2.75, 3.05) is 0 Å². The molecule has 0 atom stereocenters. The van der Waals surface area contributed by atoms with Crippen LogP contribution in [0.2, 0.25) is 10.0 Å². The van der Waals surface area contributed by atoms with E-state index >= 15 is 0 Å². The molecule has 1 amide bonds. The van der Waals surface area contributed by atoms with Crippen molar-refractivity contribution in [2.45, 2.75) is 6.92 Å². The molecule has 0 aliphatic heterocycles. The van der Waals surface area contributed by atoms with Crippen LogP contribution in [0.1, 0.15) is 12.5 Å². The normalized spacial score (nSPS) is 10.5. The Bertz CT molecular complexity index is 377. The van der Waals surface area contributed by atoms with E-state index in [0.717, 1.165) is 0 Å². The quantitative estimate of drug-likeness (QED) is 0.616. The summed E-state index contributed by atoms with van der Waals surface area (Å²) in [6, 6.07) is 5.18. The van der Waals surface area contributed by atoms with E-state index in [1.54, 1.807) is 18.2 Å². The standard InChI is InChI=1S/C9H8Cl2N2O/c1-6(14)13-12-5-7-3-2-4-8(10)9(7)11/h2-5H,1H3,(H,13,14). The lowest BCUT2D eigenvalue weighted by Crippen LogP contribution is -2.12. The number of carbonyl (C=O) groups excluding carboxylic acids is 1. The summed E-state index contributed by atoms with van der Waals surface area (Å²) >= 11 is 11.6. The van der Waals surface area contributed by atoms with Crippen molar-refractivity contribution in [1.29, 1.82) is 0 Å². The molecule has 0 spiro atoms. The molecule has 1 N–H and O–H groups in total. The molecule has 0 bridgehead atoms. The molecule has 0 saturated heterocycles. The molecule has 0 aromatic heterocycles. The second-order valence-electron chi connectivity index (χ2n) is 2.57. The Balaban J connectivity index is 2.81. The third kappa shape index (κ3) is 3.01. The van der Waals surface area contributed by atoms with Crippen LogP contribution >= 0.6 is 23.2 Å². The van der Waals surface area contributed by atoms with E-state index in [1.807, 2.05) is 0 Å². The topological polar surface area (TPSA) is 41.5 Å². The van der Waals surface area contributed by atoms with Crippen LogP contribution in [0.5, 0.6) is 0 Å². The van der Waals surface area contributed by atoms with Gasteiger partial charge in [0.05, 0.1) is 16.3 Å². The molecule has 0 saturated carbocycles. The van der Waals surface area contributed by atoms with Crippen LogP contribution in [0.3, 0.4) is 0 Å². The van der Waals surface area contributed by atoms with Crippen molar-refractivity contribution >= 4 is 35.3 Å². The van der Waals surface area contributed by atoms with Crippen LogP contribution in [0.4, 0.5) is 0 Å². The number of rotatable bonds is 2. The summed E-state index contributed by atoms with van der Waals surface area (Å²) in [6.07, 6.45) is 1.44. The molecule has 74 valence electrons. The first-order valence-corrected chi connectivity index (χ1v) is 4.60. The molecule has 0 aliphatic carbocycles. The molecule has 0 radical (unpaired) electrons. The smallest absolute Gasteiger partial charge is 0.236 e. The predicted molar refractivity (Wildman–Crippen MR) is 57.9 cm³/mol. The number of hydrogen-bond acceptors (Lipinski definition) is 2. The van der Waals surface area contributed by atoms with Crippen LogP contribution < -0.4 is 5.43 Å². The summed E-state index contributed by atoms with van der Waals surface area (Å²) in [5.74, 6) is -0.237. The molecule has 1 aromatic carbocycles. The maximum Gasteiger partial charge on any atom is 0.236 e. The third-order valence-electron chi connectivity index (χ3n) is 1.41. The van der Waals surface area contributed by atoms with Gasteiger partial charge in [-0.1, -0.05) is 35.3 Å². The highest BCUT2D eigenvalue weighted by Crippen LogP contribution is 2.23. The predicted octanol–water partition coefficient (Wildman–Crippen LogP) is 2.46. The molecule has 14 heavy (non-hydrogen) atoms. The molecule has 0 heterocycles. The first-order chi connectivity index (χ1) is 6.61. The van der Waals surface area contributed by atoms with Crippen molar-refractivity contribution < 1.29 is 4.79 Å². The van der Waals surface area contributed by atoms with E-state index in [4.69, 9.17) is 23.2 Å². The zero-order valence-corrected chi connectivity index (χ0v) is 8.93.